The third kappa shape index (κ3) is 1.46. The summed E-state index contributed by atoms with van der Waals surface area (Å²) in [4.78, 5) is 10.1. The lowest BCUT2D eigenvalue weighted by Crippen LogP contribution is -2.42. The molecule has 0 aromatic carbocycles. The molecule has 1 fully saturated rings. The van der Waals surface area contributed by atoms with Gasteiger partial charge in [0, 0.05) is 0 Å². The molecule has 0 saturated heterocycles. The van der Waals surface area contributed by atoms with Crippen molar-refractivity contribution in [3.8, 4) is 0 Å². The van der Waals surface area contributed by atoms with Crippen LogP contribution in [0.25, 0.3) is 0 Å². The van der Waals surface area contributed by atoms with Gasteiger partial charge in [-0.15, -0.1) is 0 Å². The molecule has 1 saturated carbocycles. The second-order valence-corrected chi connectivity index (χ2v) is 2.67. The van der Waals surface area contributed by atoms with Crippen LogP contribution in [0.4, 0.5) is 13.2 Å². The molecule has 2 nitrogen and oxygen atoms in total. The first-order valence-corrected chi connectivity index (χ1v) is 3.22. The Balaban J connectivity index is 2.57. The topological polar surface area (TPSA) is 37.3 Å². The largest absolute Gasteiger partial charge is 0.481 e. The van der Waals surface area contributed by atoms with E-state index in [-0.39, 0.29) is 12.8 Å². The highest BCUT2D eigenvalue weighted by Crippen LogP contribution is 2.45. The molecule has 0 heterocycles. The van der Waals surface area contributed by atoms with Gasteiger partial charge in [-0.3, -0.25) is 4.79 Å². The van der Waals surface area contributed by atoms with E-state index in [1.165, 1.54) is 0 Å². The van der Waals surface area contributed by atoms with Gasteiger partial charge in [-0.1, -0.05) is 0 Å². The van der Waals surface area contributed by atoms with Gasteiger partial charge in [0.25, 0.3) is 0 Å². The smallest absolute Gasteiger partial charge is 0.392 e. The van der Waals surface area contributed by atoms with Crippen LogP contribution in [0, 0.1) is 11.8 Å². The Labute approximate surface area is 61.0 Å². The zero-order valence-corrected chi connectivity index (χ0v) is 5.56. The van der Waals surface area contributed by atoms with E-state index >= 15 is 0 Å². The highest BCUT2D eigenvalue weighted by Gasteiger charge is 2.52. The number of alkyl halides is 3. The van der Waals surface area contributed by atoms with E-state index in [9.17, 15) is 18.0 Å². The van der Waals surface area contributed by atoms with Crippen molar-refractivity contribution in [1.82, 2.24) is 0 Å². The van der Waals surface area contributed by atoms with E-state index in [1.54, 1.807) is 0 Å². The molecule has 1 rings (SSSR count). The van der Waals surface area contributed by atoms with Crippen molar-refractivity contribution in [3.63, 3.8) is 0 Å². The zero-order chi connectivity index (χ0) is 8.65. The van der Waals surface area contributed by atoms with Crippen LogP contribution in [0.15, 0.2) is 0 Å². The Bertz CT molecular complexity index is 175. The molecule has 0 bridgehead atoms. The normalized spacial score (nSPS) is 31.2. The number of carboxylic acid groups (broad SMARTS) is 1. The molecule has 2 atom stereocenters. The first kappa shape index (κ1) is 8.36. The molecule has 0 aliphatic heterocycles. The fraction of sp³-hybridized carbons (Fsp3) is 0.833. The number of aliphatic carboxylic acids is 1. The molecule has 5 heteroatoms. The summed E-state index contributed by atoms with van der Waals surface area (Å²) in [7, 11) is 0. The average Bonchev–Trinajstić information content (AvgIpc) is 1.51. The maximum Gasteiger partial charge on any atom is 0.392 e. The lowest BCUT2D eigenvalue weighted by molar-refractivity contribution is -0.218. The molecule has 11 heavy (non-hydrogen) atoms. The highest BCUT2D eigenvalue weighted by atomic mass is 19.4. The average molecular weight is 168 g/mol. The summed E-state index contributed by atoms with van der Waals surface area (Å²) in [6, 6.07) is 0. The maximum atomic E-state index is 11.8. The quantitative estimate of drug-likeness (QED) is 0.646. The molecule has 0 unspecified atom stereocenters. The number of halogens is 3. The predicted molar refractivity (Wildman–Crippen MR) is 29.9 cm³/mol. The van der Waals surface area contributed by atoms with Crippen molar-refractivity contribution in [2.45, 2.75) is 19.0 Å². The van der Waals surface area contributed by atoms with Crippen LogP contribution in [-0.2, 0) is 4.79 Å². The van der Waals surface area contributed by atoms with Crippen molar-refractivity contribution in [1.29, 1.82) is 0 Å². The van der Waals surface area contributed by atoms with Crippen LogP contribution in [0.1, 0.15) is 12.8 Å². The highest BCUT2D eigenvalue weighted by molar-refractivity contribution is 5.71. The monoisotopic (exact) mass is 168 g/mol. The van der Waals surface area contributed by atoms with E-state index in [2.05, 4.69) is 0 Å². The predicted octanol–water partition coefficient (Wildman–Crippen LogP) is 1.66. The minimum atomic E-state index is -4.33. The summed E-state index contributed by atoms with van der Waals surface area (Å²) in [5.74, 6) is -4.14. The Morgan fingerprint density at radius 2 is 1.91 bits per heavy atom. The molecule has 0 amide bonds. The van der Waals surface area contributed by atoms with E-state index in [0.717, 1.165) is 0 Å². The molecule has 1 N–H and O–H groups in total. The molecule has 0 spiro atoms. The van der Waals surface area contributed by atoms with Crippen LogP contribution in [0.5, 0.6) is 0 Å². The summed E-state index contributed by atoms with van der Waals surface area (Å²) in [6.45, 7) is 0. The maximum absolute atomic E-state index is 11.8. The molecule has 0 aromatic heterocycles. The van der Waals surface area contributed by atoms with Crippen LogP contribution in [0.2, 0.25) is 0 Å². The lowest BCUT2D eigenvalue weighted by Gasteiger charge is -2.34. The lowest BCUT2D eigenvalue weighted by atomic mass is 9.73. The summed E-state index contributed by atoms with van der Waals surface area (Å²) >= 11 is 0. The van der Waals surface area contributed by atoms with E-state index in [0.29, 0.717) is 0 Å². The Morgan fingerprint density at radius 3 is 2.00 bits per heavy atom. The minimum absolute atomic E-state index is 0.0412. The summed E-state index contributed by atoms with van der Waals surface area (Å²) < 4.78 is 35.5. The van der Waals surface area contributed by atoms with Crippen molar-refractivity contribution in [2.75, 3.05) is 0 Å². The van der Waals surface area contributed by atoms with E-state index < -0.39 is 24.0 Å². The van der Waals surface area contributed by atoms with Gasteiger partial charge in [0.15, 0.2) is 0 Å². The number of carboxylic acids is 1. The molecular formula is C6H7F3O2. The standard InChI is InChI=1S/C6H7F3O2/c7-6(8,9)4-2-1-3(4)5(10)11/h3-4H,1-2H2,(H,10,11)/t3-,4-/m1/s1. The summed E-state index contributed by atoms with van der Waals surface area (Å²) in [6.07, 6.45) is -4.22. The third-order valence-corrected chi connectivity index (χ3v) is 2.01. The van der Waals surface area contributed by atoms with Gasteiger partial charge in [-0.2, -0.15) is 13.2 Å². The summed E-state index contributed by atoms with van der Waals surface area (Å²) in [5, 5.41) is 8.27. The Hall–Kier alpha value is -0.740. The third-order valence-electron chi connectivity index (χ3n) is 2.01. The van der Waals surface area contributed by atoms with Gasteiger partial charge in [0.05, 0.1) is 11.8 Å². The van der Waals surface area contributed by atoms with Gasteiger partial charge < -0.3 is 5.11 Å². The van der Waals surface area contributed by atoms with Crippen LogP contribution >= 0.6 is 0 Å². The van der Waals surface area contributed by atoms with Crippen molar-refractivity contribution < 1.29 is 23.1 Å². The molecule has 0 aromatic rings. The molecule has 1 aliphatic rings. The van der Waals surface area contributed by atoms with E-state index in [1.807, 2.05) is 0 Å². The van der Waals surface area contributed by atoms with Crippen molar-refractivity contribution >= 4 is 5.97 Å². The fourth-order valence-corrected chi connectivity index (χ4v) is 1.19. The molecule has 0 radical (unpaired) electrons. The van der Waals surface area contributed by atoms with Gasteiger partial charge in [-0.25, -0.2) is 0 Å². The second kappa shape index (κ2) is 2.39. The van der Waals surface area contributed by atoms with Crippen molar-refractivity contribution in [2.24, 2.45) is 11.8 Å². The first-order valence-electron chi connectivity index (χ1n) is 3.22. The fourth-order valence-electron chi connectivity index (χ4n) is 1.19. The SMILES string of the molecule is O=C(O)[C@@H]1CC[C@H]1C(F)(F)F. The molecule has 1 aliphatic carbocycles. The van der Waals surface area contributed by atoms with Crippen LogP contribution in [0.3, 0.4) is 0 Å². The number of carbonyl (C=O) groups is 1. The summed E-state index contributed by atoms with van der Waals surface area (Å²) in [5.41, 5.74) is 0. The second-order valence-electron chi connectivity index (χ2n) is 2.67. The minimum Gasteiger partial charge on any atom is -0.481 e. The number of rotatable bonds is 1. The van der Waals surface area contributed by atoms with Crippen molar-refractivity contribution in [3.05, 3.63) is 0 Å². The molecular weight excluding hydrogens is 161 g/mol. The van der Waals surface area contributed by atoms with Gasteiger partial charge >= 0.3 is 12.1 Å². The van der Waals surface area contributed by atoms with Gasteiger partial charge in [0.2, 0.25) is 0 Å². The number of hydrogen-bond donors (Lipinski definition) is 1. The number of hydrogen-bond acceptors (Lipinski definition) is 1. The van der Waals surface area contributed by atoms with Crippen LogP contribution in [-0.4, -0.2) is 17.3 Å². The Morgan fingerprint density at radius 1 is 1.36 bits per heavy atom. The first-order chi connectivity index (χ1) is 4.93. The molecule has 64 valence electrons. The van der Waals surface area contributed by atoms with E-state index in [4.69, 9.17) is 5.11 Å². The van der Waals surface area contributed by atoms with Gasteiger partial charge in [0.1, 0.15) is 0 Å². The van der Waals surface area contributed by atoms with Crippen LogP contribution < -0.4 is 0 Å². The van der Waals surface area contributed by atoms with Gasteiger partial charge in [-0.05, 0) is 12.8 Å². The Kier molecular flexibility index (Phi) is 1.82. The zero-order valence-electron chi connectivity index (χ0n) is 5.56.